The number of aliphatic hydroxyl groups is 1. The second-order valence-corrected chi connectivity index (χ2v) is 7.56. The van der Waals surface area contributed by atoms with E-state index >= 15 is 0 Å². The molecule has 24 heavy (non-hydrogen) atoms. The van der Waals surface area contributed by atoms with Gasteiger partial charge in [-0.05, 0) is 52.0 Å². The van der Waals surface area contributed by atoms with Crippen LogP contribution in [0.2, 0.25) is 0 Å². The average Bonchev–Trinajstić information content (AvgIpc) is 2.94. The summed E-state index contributed by atoms with van der Waals surface area (Å²) in [7, 11) is 1.66. The van der Waals surface area contributed by atoms with Gasteiger partial charge >= 0.3 is 0 Å². The molecule has 1 aromatic carbocycles. The van der Waals surface area contributed by atoms with Crippen LogP contribution in [0.5, 0.6) is 5.75 Å². The van der Waals surface area contributed by atoms with Crippen LogP contribution in [-0.2, 0) is 0 Å². The maximum atomic E-state index is 12.4. The Bertz CT molecular complexity index is 687. The predicted molar refractivity (Wildman–Crippen MR) is 96.6 cm³/mol. The Morgan fingerprint density at radius 2 is 1.96 bits per heavy atom. The summed E-state index contributed by atoms with van der Waals surface area (Å²) in [4.78, 5) is 18.3. The highest BCUT2D eigenvalue weighted by molar-refractivity contribution is 7.13. The van der Waals surface area contributed by atoms with Crippen LogP contribution in [0.4, 0.5) is 0 Å². The summed E-state index contributed by atoms with van der Waals surface area (Å²) in [5.74, 6) is 0.617. The molecule has 0 radical (unpaired) electrons. The van der Waals surface area contributed by atoms with Crippen LogP contribution < -0.4 is 4.74 Å². The average molecular weight is 348 g/mol. The van der Waals surface area contributed by atoms with E-state index < -0.39 is 5.60 Å². The molecule has 0 spiro atoms. The van der Waals surface area contributed by atoms with Crippen molar-refractivity contribution in [2.24, 2.45) is 0 Å². The monoisotopic (exact) mass is 348 g/mol. The van der Waals surface area contributed by atoms with Crippen LogP contribution in [0.15, 0.2) is 29.6 Å². The van der Waals surface area contributed by atoms with Gasteiger partial charge < -0.3 is 14.7 Å². The standard InChI is InChI=1S/C18H24N2O3S/c1-12(2)23-14-8-6-13(7-9-14)16-19-15(10-24-16)17(21)20(5)11-18(3,4)22/h6-10,12,22H,11H2,1-5H3. The van der Waals surface area contributed by atoms with E-state index in [1.165, 1.54) is 16.2 Å². The highest BCUT2D eigenvalue weighted by Crippen LogP contribution is 2.26. The molecule has 6 heteroatoms. The van der Waals surface area contributed by atoms with Crippen molar-refractivity contribution in [1.29, 1.82) is 0 Å². The lowest BCUT2D eigenvalue weighted by Gasteiger charge is -2.24. The lowest BCUT2D eigenvalue weighted by Crippen LogP contribution is -2.39. The van der Waals surface area contributed by atoms with Crippen molar-refractivity contribution >= 4 is 17.2 Å². The van der Waals surface area contributed by atoms with Crippen molar-refractivity contribution in [3.63, 3.8) is 0 Å². The number of rotatable bonds is 6. The number of thiazole rings is 1. The smallest absolute Gasteiger partial charge is 0.273 e. The highest BCUT2D eigenvalue weighted by Gasteiger charge is 2.22. The number of amides is 1. The molecular formula is C18H24N2O3S. The summed E-state index contributed by atoms with van der Waals surface area (Å²) >= 11 is 1.42. The van der Waals surface area contributed by atoms with E-state index in [9.17, 15) is 9.90 Å². The number of benzene rings is 1. The zero-order valence-corrected chi connectivity index (χ0v) is 15.6. The molecular weight excluding hydrogens is 324 g/mol. The Hall–Kier alpha value is -1.92. The van der Waals surface area contributed by atoms with Gasteiger partial charge in [-0.2, -0.15) is 0 Å². The van der Waals surface area contributed by atoms with Gasteiger partial charge in [-0.3, -0.25) is 4.79 Å². The lowest BCUT2D eigenvalue weighted by atomic mass is 10.1. The van der Waals surface area contributed by atoms with Crippen molar-refractivity contribution in [3.8, 4) is 16.3 Å². The molecule has 2 aromatic rings. The first-order valence-electron chi connectivity index (χ1n) is 7.86. The second-order valence-electron chi connectivity index (χ2n) is 6.70. The fourth-order valence-electron chi connectivity index (χ4n) is 2.30. The third kappa shape index (κ3) is 5.04. The molecule has 0 aliphatic heterocycles. The van der Waals surface area contributed by atoms with Gasteiger partial charge in [0.1, 0.15) is 16.5 Å². The van der Waals surface area contributed by atoms with E-state index in [0.717, 1.165) is 16.3 Å². The third-order valence-corrected chi connectivity index (χ3v) is 4.06. The molecule has 0 atom stereocenters. The van der Waals surface area contributed by atoms with Gasteiger partial charge in [0.25, 0.3) is 5.91 Å². The fourth-order valence-corrected chi connectivity index (χ4v) is 3.10. The first kappa shape index (κ1) is 18.4. The second kappa shape index (κ2) is 7.32. The number of aromatic nitrogens is 1. The Balaban J connectivity index is 2.11. The molecule has 1 N–H and O–H groups in total. The van der Waals surface area contributed by atoms with Crippen LogP contribution in [0.3, 0.4) is 0 Å². The van der Waals surface area contributed by atoms with Gasteiger partial charge in [0, 0.05) is 24.5 Å². The molecule has 0 saturated carbocycles. The number of hydrogen-bond donors (Lipinski definition) is 1. The molecule has 0 fully saturated rings. The van der Waals surface area contributed by atoms with Crippen molar-refractivity contribution in [3.05, 3.63) is 35.3 Å². The largest absolute Gasteiger partial charge is 0.491 e. The molecule has 1 amide bonds. The molecule has 0 bridgehead atoms. The van der Waals surface area contributed by atoms with Crippen LogP contribution in [-0.4, -0.2) is 46.2 Å². The van der Waals surface area contributed by atoms with Crippen molar-refractivity contribution in [2.45, 2.75) is 39.4 Å². The number of carbonyl (C=O) groups is 1. The molecule has 2 rings (SSSR count). The summed E-state index contributed by atoms with van der Waals surface area (Å²) in [6, 6.07) is 7.67. The number of hydrogen-bond acceptors (Lipinski definition) is 5. The van der Waals surface area contributed by atoms with Crippen LogP contribution in [0, 0.1) is 0 Å². The number of nitrogens with zero attached hydrogens (tertiary/aromatic N) is 2. The van der Waals surface area contributed by atoms with Gasteiger partial charge in [-0.1, -0.05) is 0 Å². The van der Waals surface area contributed by atoms with E-state index in [0.29, 0.717) is 5.69 Å². The Kier molecular flexibility index (Phi) is 5.62. The van der Waals surface area contributed by atoms with Gasteiger partial charge in [-0.25, -0.2) is 4.98 Å². The van der Waals surface area contributed by atoms with Crippen molar-refractivity contribution in [1.82, 2.24) is 9.88 Å². The van der Waals surface area contributed by atoms with E-state index in [-0.39, 0.29) is 18.6 Å². The van der Waals surface area contributed by atoms with Crippen LogP contribution in [0.1, 0.15) is 38.2 Å². The summed E-state index contributed by atoms with van der Waals surface area (Å²) in [6.45, 7) is 7.56. The number of carbonyl (C=O) groups excluding carboxylic acids is 1. The maximum absolute atomic E-state index is 12.4. The van der Waals surface area contributed by atoms with Gasteiger partial charge in [0.15, 0.2) is 0 Å². The highest BCUT2D eigenvalue weighted by atomic mass is 32.1. The summed E-state index contributed by atoms with van der Waals surface area (Å²) < 4.78 is 5.62. The Labute approximate surface area is 146 Å². The third-order valence-electron chi connectivity index (χ3n) is 3.17. The molecule has 0 aliphatic carbocycles. The van der Waals surface area contributed by atoms with Crippen molar-refractivity contribution < 1.29 is 14.6 Å². The lowest BCUT2D eigenvalue weighted by molar-refractivity contribution is 0.0365. The number of ether oxygens (including phenoxy) is 1. The zero-order valence-electron chi connectivity index (χ0n) is 14.7. The van der Waals surface area contributed by atoms with E-state index in [2.05, 4.69) is 4.98 Å². The molecule has 0 saturated heterocycles. The molecule has 0 unspecified atom stereocenters. The van der Waals surface area contributed by atoms with Gasteiger partial charge in [-0.15, -0.1) is 11.3 Å². The minimum atomic E-state index is -0.935. The van der Waals surface area contributed by atoms with E-state index in [4.69, 9.17) is 4.74 Å². The summed E-state index contributed by atoms with van der Waals surface area (Å²) in [5.41, 5.74) is 0.403. The number of likely N-dealkylation sites (N-methyl/N-ethyl adjacent to an activating group) is 1. The molecule has 130 valence electrons. The van der Waals surface area contributed by atoms with Crippen LogP contribution in [0.25, 0.3) is 10.6 Å². The minimum absolute atomic E-state index is 0.131. The van der Waals surface area contributed by atoms with Gasteiger partial charge in [0.2, 0.25) is 0 Å². The Morgan fingerprint density at radius 1 is 1.33 bits per heavy atom. The van der Waals surface area contributed by atoms with Crippen molar-refractivity contribution in [2.75, 3.05) is 13.6 Å². The first-order valence-corrected chi connectivity index (χ1v) is 8.74. The molecule has 0 aliphatic rings. The SMILES string of the molecule is CC(C)Oc1ccc(-c2nc(C(=O)N(C)CC(C)(C)O)cs2)cc1. The van der Waals surface area contributed by atoms with Gasteiger partial charge in [0.05, 0.1) is 11.7 Å². The quantitative estimate of drug-likeness (QED) is 0.868. The topological polar surface area (TPSA) is 62.7 Å². The molecule has 1 heterocycles. The van der Waals surface area contributed by atoms with Crippen LogP contribution >= 0.6 is 11.3 Å². The molecule has 5 nitrogen and oxygen atoms in total. The normalized spacial score (nSPS) is 11.6. The first-order chi connectivity index (χ1) is 11.2. The molecule has 1 aromatic heterocycles. The summed E-state index contributed by atoms with van der Waals surface area (Å²) in [6.07, 6.45) is 0.131. The van der Waals surface area contributed by atoms with E-state index in [1.54, 1.807) is 26.3 Å². The zero-order chi connectivity index (χ0) is 17.9. The summed E-state index contributed by atoms with van der Waals surface area (Å²) in [5, 5.41) is 12.4. The fraction of sp³-hybridized carbons (Fsp3) is 0.444. The maximum Gasteiger partial charge on any atom is 0.273 e. The predicted octanol–water partition coefficient (Wildman–Crippen LogP) is 3.44. The van der Waals surface area contributed by atoms with E-state index in [1.807, 2.05) is 38.1 Å². The Morgan fingerprint density at radius 3 is 2.50 bits per heavy atom. The minimum Gasteiger partial charge on any atom is -0.491 e.